The summed E-state index contributed by atoms with van der Waals surface area (Å²) in [6.07, 6.45) is 4.18. The Morgan fingerprint density at radius 3 is 1.58 bits per heavy atom. The lowest BCUT2D eigenvalue weighted by molar-refractivity contribution is 0.634. The van der Waals surface area contributed by atoms with Gasteiger partial charge in [-0.25, -0.2) is 0 Å². The van der Waals surface area contributed by atoms with Crippen LogP contribution in [-0.2, 0) is 7.05 Å². The monoisotopic (exact) mass is 557 g/mol. The van der Waals surface area contributed by atoms with Gasteiger partial charge >= 0.3 is 0 Å². The Hall–Kier alpha value is -5.28. The van der Waals surface area contributed by atoms with Crippen LogP contribution in [0, 0.1) is 10.8 Å². The highest BCUT2D eigenvalue weighted by molar-refractivity contribution is 6.15. The summed E-state index contributed by atoms with van der Waals surface area (Å²) in [7, 11) is 2.12. The fourth-order valence-corrected chi connectivity index (χ4v) is 5.89. The Balaban J connectivity index is 0.000000195. The Morgan fingerprint density at radius 2 is 1.09 bits per heavy atom. The molecule has 1 aliphatic rings. The normalized spacial score (nSPS) is 13.7. The topological polar surface area (TPSA) is 41.1 Å². The van der Waals surface area contributed by atoms with Gasteiger partial charge < -0.3 is 4.57 Å². The minimum absolute atomic E-state index is 0.128. The second kappa shape index (κ2) is 11.5. The van der Waals surface area contributed by atoms with E-state index in [-0.39, 0.29) is 5.41 Å². The Bertz CT molecular complexity index is 1910. The van der Waals surface area contributed by atoms with Crippen molar-refractivity contribution in [1.82, 2.24) is 4.57 Å². The highest BCUT2D eigenvalue weighted by Crippen LogP contribution is 2.37. The molecule has 0 radical (unpaired) electrons. The van der Waals surface area contributed by atoms with E-state index in [2.05, 4.69) is 140 Å². The van der Waals surface area contributed by atoms with Crippen LogP contribution in [0.25, 0.3) is 44.1 Å². The quantitative estimate of drug-likeness (QED) is 0.205. The van der Waals surface area contributed by atoms with Gasteiger partial charge in [-0.3, -0.25) is 10.4 Å². The number of aryl methyl sites for hydroxylation is 1. The summed E-state index contributed by atoms with van der Waals surface area (Å²) in [4.78, 5) is 4.17. The number of rotatable bonds is 5. The van der Waals surface area contributed by atoms with Crippen molar-refractivity contribution in [2.45, 2.75) is 13.8 Å². The van der Waals surface area contributed by atoms with Gasteiger partial charge in [0.25, 0.3) is 0 Å². The third-order valence-electron chi connectivity index (χ3n) is 8.00. The van der Waals surface area contributed by atoms with Crippen molar-refractivity contribution >= 4 is 34.2 Å². The van der Waals surface area contributed by atoms with Gasteiger partial charge in [-0.15, -0.1) is 0 Å². The summed E-state index contributed by atoms with van der Waals surface area (Å²) in [6, 6.07) is 44.0. The van der Waals surface area contributed by atoms with Crippen LogP contribution in [0.4, 0.5) is 0 Å². The average Bonchev–Trinajstić information content (AvgIpc) is 3.54. The molecule has 6 aromatic rings. The van der Waals surface area contributed by atoms with Gasteiger partial charge in [0, 0.05) is 45.4 Å². The molecular formula is C40H35N3. The summed E-state index contributed by atoms with van der Waals surface area (Å²) in [5.74, 6) is 0. The molecule has 1 N–H and O–H groups in total. The first-order valence-electron chi connectivity index (χ1n) is 14.5. The van der Waals surface area contributed by atoms with Crippen LogP contribution in [0.1, 0.15) is 19.4 Å². The number of nitrogens with zero attached hydrogens (tertiary/aromatic N) is 2. The molecule has 0 amide bonds. The molecule has 1 aliphatic carbocycles. The van der Waals surface area contributed by atoms with Crippen LogP contribution in [-0.4, -0.2) is 17.0 Å². The highest BCUT2D eigenvalue weighted by Gasteiger charge is 2.26. The number of fused-ring (bicyclic) bond motifs is 3. The van der Waals surface area contributed by atoms with E-state index in [0.29, 0.717) is 5.71 Å². The second-order valence-corrected chi connectivity index (χ2v) is 11.6. The molecule has 3 heteroatoms. The summed E-state index contributed by atoms with van der Waals surface area (Å²) < 4.78 is 2.24. The molecule has 210 valence electrons. The van der Waals surface area contributed by atoms with Crippen LogP contribution < -0.4 is 0 Å². The zero-order chi connectivity index (χ0) is 30.0. The van der Waals surface area contributed by atoms with E-state index >= 15 is 0 Å². The van der Waals surface area contributed by atoms with E-state index in [0.717, 1.165) is 39.1 Å². The average molecular weight is 558 g/mol. The van der Waals surface area contributed by atoms with Gasteiger partial charge in [0.15, 0.2) is 0 Å². The molecule has 0 saturated carbocycles. The largest absolute Gasteiger partial charge is 0.344 e. The van der Waals surface area contributed by atoms with Crippen molar-refractivity contribution in [1.29, 1.82) is 5.41 Å². The summed E-state index contributed by atoms with van der Waals surface area (Å²) >= 11 is 0. The molecule has 0 unspecified atom stereocenters. The number of aliphatic imine (C=N–C) groups is 1. The standard InChI is InChI=1S/C27H24N2.C13H11N/c1-27(2)17-24(25(18-27)29-3)26(28)23-15-21(19-10-6-4-7-11-19)14-22(16-23)20-12-8-5-9-13-20;1-14-12-8-4-2-6-10(12)11-7-3-5-9-13(11)14/h4-18,28H,3H2,1-2H3;2-9H,1H3. The zero-order valence-electron chi connectivity index (χ0n) is 24.9. The van der Waals surface area contributed by atoms with Gasteiger partial charge in [-0.05, 0) is 65.4 Å². The third kappa shape index (κ3) is 5.62. The van der Waals surface area contributed by atoms with Crippen LogP contribution >= 0.6 is 0 Å². The second-order valence-electron chi connectivity index (χ2n) is 11.6. The minimum Gasteiger partial charge on any atom is -0.344 e. The van der Waals surface area contributed by atoms with Crippen LogP contribution in [0.3, 0.4) is 0 Å². The van der Waals surface area contributed by atoms with Gasteiger partial charge in [0.05, 0.1) is 11.4 Å². The predicted molar refractivity (Wildman–Crippen MR) is 184 cm³/mol. The number of hydrogen-bond donors (Lipinski definition) is 1. The van der Waals surface area contributed by atoms with Crippen LogP contribution in [0.5, 0.6) is 0 Å². The number of allylic oxidation sites excluding steroid dienone is 3. The molecule has 0 atom stereocenters. The van der Waals surface area contributed by atoms with Gasteiger partial charge in [0.1, 0.15) is 0 Å². The molecule has 5 aromatic carbocycles. The van der Waals surface area contributed by atoms with Crippen molar-refractivity contribution < 1.29 is 0 Å². The van der Waals surface area contributed by atoms with Crippen LogP contribution in [0.15, 0.2) is 156 Å². The first-order valence-corrected chi connectivity index (χ1v) is 14.5. The molecule has 0 spiro atoms. The van der Waals surface area contributed by atoms with Crippen molar-refractivity contribution in [3.8, 4) is 22.3 Å². The first kappa shape index (κ1) is 27.9. The van der Waals surface area contributed by atoms with Gasteiger partial charge in [-0.2, -0.15) is 0 Å². The Kier molecular flexibility index (Phi) is 7.48. The smallest absolute Gasteiger partial charge is 0.0703 e. The lowest BCUT2D eigenvalue weighted by Gasteiger charge is -2.13. The van der Waals surface area contributed by atoms with Crippen molar-refractivity contribution in [2.24, 2.45) is 17.5 Å². The van der Waals surface area contributed by atoms with E-state index in [1.165, 1.54) is 21.8 Å². The molecule has 0 fully saturated rings. The number of hydrogen-bond acceptors (Lipinski definition) is 2. The summed E-state index contributed by atoms with van der Waals surface area (Å²) in [5, 5.41) is 11.6. The molecule has 7 rings (SSSR count). The summed E-state index contributed by atoms with van der Waals surface area (Å²) in [6.45, 7) is 7.95. The molecule has 1 heterocycles. The van der Waals surface area contributed by atoms with E-state index in [9.17, 15) is 0 Å². The van der Waals surface area contributed by atoms with E-state index < -0.39 is 0 Å². The van der Waals surface area contributed by atoms with Crippen molar-refractivity contribution in [3.63, 3.8) is 0 Å². The number of nitrogens with one attached hydrogen (secondary N) is 1. The molecule has 0 aliphatic heterocycles. The highest BCUT2D eigenvalue weighted by atomic mass is 14.9. The number of benzene rings is 5. The molecular weight excluding hydrogens is 522 g/mol. The van der Waals surface area contributed by atoms with Crippen molar-refractivity contribution in [2.75, 3.05) is 0 Å². The predicted octanol–water partition coefficient (Wildman–Crippen LogP) is 10.3. The van der Waals surface area contributed by atoms with E-state index in [1.54, 1.807) is 0 Å². The maximum atomic E-state index is 8.96. The lowest BCUT2D eigenvalue weighted by Crippen LogP contribution is -2.05. The molecule has 3 nitrogen and oxygen atoms in total. The Labute approximate surface area is 253 Å². The fourth-order valence-electron chi connectivity index (χ4n) is 5.89. The molecule has 0 saturated heterocycles. The Morgan fingerprint density at radius 1 is 0.628 bits per heavy atom. The molecule has 43 heavy (non-hydrogen) atoms. The maximum absolute atomic E-state index is 8.96. The summed E-state index contributed by atoms with van der Waals surface area (Å²) in [5.41, 5.74) is 9.92. The first-order chi connectivity index (χ1) is 20.8. The number of aromatic nitrogens is 1. The molecule has 0 bridgehead atoms. The van der Waals surface area contributed by atoms with Crippen molar-refractivity contribution in [3.05, 3.63) is 156 Å². The number of para-hydroxylation sites is 2. The maximum Gasteiger partial charge on any atom is 0.0703 e. The lowest BCUT2D eigenvalue weighted by atomic mass is 9.91. The van der Waals surface area contributed by atoms with Crippen LogP contribution in [0.2, 0.25) is 0 Å². The SMILES string of the molecule is C=NC1=CC(C)(C)C=C1C(=N)c1cc(-c2ccccc2)cc(-c2ccccc2)c1.Cn1c2ccccc2c2ccccc21. The molecule has 1 aromatic heterocycles. The van der Waals surface area contributed by atoms with E-state index in [4.69, 9.17) is 5.41 Å². The van der Waals surface area contributed by atoms with Gasteiger partial charge in [0.2, 0.25) is 0 Å². The van der Waals surface area contributed by atoms with Gasteiger partial charge in [-0.1, -0.05) is 117 Å². The van der Waals surface area contributed by atoms with E-state index in [1.807, 2.05) is 36.4 Å². The minimum atomic E-state index is -0.128. The third-order valence-corrected chi connectivity index (χ3v) is 8.00. The fraction of sp³-hybridized carbons (Fsp3) is 0.100. The zero-order valence-corrected chi connectivity index (χ0v) is 24.9.